The minimum absolute atomic E-state index is 0.398. The summed E-state index contributed by atoms with van der Waals surface area (Å²) in [6.07, 6.45) is 5.12. The normalized spacial score (nSPS) is 32.3. The molecule has 0 aliphatic heterocycles. The van der Waals surface area contributed by atoms with Gasteiger partial charge in [-0.15, -0.1) is 0 Å². The summed E-state index contributed by atoms with van der Waals surface area (Å²) in [5.74, 6) is 0.623. The molecule has 1 aliphatic carbocycles. The SMILES string of the molecule is CCCC1CCC(C)CC1CC(O)C(=O)O. The third-order valence-electron chi connectivity index (χ3n) is 3.87. The van der Waals surface area contributed by atoms with Gasteiger partial charge < -0.3 is 10.2 Å². The number of aliphatic hydroxyl groups excluding tert-OH is 1. The Balaban J connectivity index is 2.53. The standard InChI is InChI=1S/C13H24O3/c1-3-4-10-6-5-9(2)7-11(10)8-12(14)13(15)16/h9-12,14H,3-8H2,1-2H3,(H,15,16). The van der Waals surface area contributed by atoms with Crippen LogP contribution >= 0.6 is 0 Å². The van der Waals surface area contributed by atoms with Gasteiger partial charge in [0.1, 0.15) is 0 Å². The van der Waals surface area contributed by atoms with E-state index >= 15 is 0 Å². The van der Waals surface area contributed by atoms with Crippen molar-refractivity contribution >= 4 is 5.97 Å². The highest BCUT2D eigenvalue weighted by Crippen LogP contribution is 2.38. The molecule has 4 unspecified atom stereocenters. The third kappa shape index (κ3) is 3.78. The first-order valence-corrected chi connectivity index (χ1v) is 6.45. The maximum atomic E-state index is 10.7. The van der Waals surface area contributed by atoms with Gasteiger partial charge in [0, 0.05) is 0 Å². The molecule has 0 aromatic rings. The molecule has 1 rings (SSSR count). The van der Waals surface area contributed by atoms with Crippen LogP contribution in [-0.4, -0.2) is 22.3 Å². The molecule has 0 spiro atoms. The van der Waals surface area contributed by atoms with Gasteiger partial charge in [0.15, 0.2) is 6.10 Å². The summed E-state index contributed by atoms with van der Waals surface area (Å²) in [5.41, 5.74) is 0. The van der Waals surface area contributed by atoms with Crippen LogP contribution in [0.3, 0.4) is 0 Å². The van der Waals surface area contributed by atoms with Crippen LogP contribution in [0.5, 0.6) is 0 Å². The van der Waals surface area contributed by atoms with Crippen LogP contribution in [0.2, 0.25) is 0 Å². The maximum Gasteiger partial charge on any atom is 0.332 e. The second-order valence-electron chi connectivity index (χ2n) is 5.32. The fraction of sp³-hybridized carbons (Fsp3) is 0.923. The summed E-state index contributed by atoms with van der Waals surface area (Å²) in [4.78, 5) is 10.7. The Morgan fingerprint density at radius 3 is 2.62 bits per heavy atom. The molecule has 1 saturated carbocycles. The van der Waals surface area contributed by atoms with Crippen LogP contribution in [0.4, 0.5) is 0 Å². The van der Waals surface area contributed by atoms with Crippen molar-refractivity contribution in [1.29, 1.82) is 0 Å². The van der Waals surface area contributed by atoms with Crippen molar-refractivity contribution in [1.82, 2.24) is 0 Å². The molecule has 0 heterocycles. The van der Waals surface area contributed by atoms with E-state index in [9.17, 15) is 9.90 Å². The highest BCUT2D eigenvalue weighted by atomic mass is 16.4. The maximum absolute atomic E-state index is 10.7. The number of carboxylic acid groups (broad SMARTS) is 1. The average Bonchev–Trinajstić information content (AvgIpc) is 2.22. The van der Waals surface area contributed by atoms with Gasteiger partial charge in [0.25, 0.3) is 0 Å². The highest BCUT2D eigenvalue weighted by Gasteiger charge is 2.31. The molecule has 0 amide bonds. The summed E-state index contributed by atoms with van der Waals surface area (Å²) in [6.45, 7) is 4.39. The predicted molar refractivity (Wildman–Crippen MR) is 63.2 cm³/mol. The molecular weight excluding hydrogens is 204 g/mol. The molecular formula is C13H24O3. The van der Waals surface area contributed by atoms with Gasteiger partial charge in [-0.25, -0.2) is 4.79 Å². The summed E-state index contributed by atoms with van der Waals surface area (Å²) >= 11 is 0. The third-order valence-corrected chi connectivity index (χ3v) is 3.87. The van der Waals surface area contributed by atoms with Crippen molar-refractivity contribution in [2.24, 2.45) is 17.8 Å². The number of rotatable bonds is 5. The molecule has 4 atom stereocenters. The zero-order valence-electron chi connectivity index (χ0n) is 10.4. The zero-order valence-corrected chi connectivity index (χ0v) is 10.4. The summed E-state index contributed by atoms with van der Waals surface area (Å²) in [6, 6.07) is 0. The largest absolute Gasteiger partial charge is 0.479 e. The van der Waals surface area contributed by atoms with Crippen LogP contribution in [0.15, 0.2) is 0 Å². The molecule has 16 heavy (non-hydrogen) atoms. The molecule has 3 nitrogen and oxygen atoms in total. The van der Waals surface area contributed by atoms with E-state index in [1.165, 1.54) is 19.3 Å². The van der Waals surface area contributed by atoms with Gasteiger partial charge in [0.2, 0.25) is 0 Å². The van der Waals surface area contributed by atoms with E-state index in [4.69, 9.17) is 5.11 Å². The molecule has 94 valence electrons. The van der Waals surface area contributed by atoms with Crippen molar-refractivity contribution < 1.29 is 15.0 Å². The van der Waals surface area contributed by atoms with Crippen LogP contribution < -0.4 is 0 Å². The average molecular weight is 228 g/mol. The minimum atomic E-state index is -1.17. The van der Waals surface area contributed by atoms with Crippen LogP contribution in [-0.2, 0) is 4.79 Å². The molecule has 1 fully saturated rings. The van der Waals surface area contributed by atoms with Crippen molar-refractivity contribution in [2.75, 3.05) is 0 Å². The second kappa shape index (κ2) is 6.24. The fourth-order valence-corrected chi connectivity index (χ4v) is 2.99. The molecule has 0 bridgehead atoms. The van der Waals surface area contributed by atoms with Gasteiger partial charge in [-0.1, -0.05) is 33.1 Å². The smallest absolute Gasteiger partial charge is 0.332 e. The van der Waals surface area contributed by atoms with E-state index in [1.807, 2.05) is 0 Å². The number of aliphatic carboxylic acids is 1. The number of hydrogen-bond donors (Lipinski definition) is 2. The lowest BCUT2D eigenvalue weighted by Crippen LogP contribution is -2.30. The Hall–Kier alpha value is -0.570. The Morgan fingerprint density at radius 1 is 1.38 bits per heavy atom. The lowest BCUT2D eigenvalue weighted by atomic mass is 9.71. The fourth-order valence-electron chi connectivity index (χ4n) is 2.99. The number of aliphatic hydroxyl groups is 1. The second-order valence-corrected chi connectivity index (χ2v) is 5.32. The van der Waals surface area contributed by atoms with E-state index in [1.54, 1.807) is 0 Å². The molecule has 2 N–H and O–H groups in total. The molecule has 0 saturated heterocycles. The quantitative estimate of drug-likeness (QED) is 0.760. The highest BCUT2D eigenvalue weighted by molar-refractivity contribution is 5.71. The van der Waals surface area contributed by atoms with E-state index in [2.05, 4.69) is 13.8 Å². The Bertz CT molecular complexity index is 227. The Morgan fingerprint density at radius 2 is 2.06 bits per heavy atom. The number of carbonyl (C=O) groups is 1. The Kier molecular flexibility index (Phi) is 5.26. The van der Waals surface area contributed by atoms with Crippen LogP contribution in [0, 0.1) is 17.8 Å². The van der Waals surface area contributed by atoms with Crippen molar-refractivity contribution in [3.8, 4) is 0 Å². The van der Waals surface area contributed by atoms with Gasteiger partial charge in [-0.05, 0) is 37.0 Å². The first kappa shape index (κ1) is 13.5. The van der Waals surface area contributed by atoms with Crippen molar-refractivity contribution in [3.63, 3.8) is 0 Å². The van der Waals surface area contributed by atoms with E-state index in [-0.39, 0.29) is 0 Å². The van der Waals surface area contributed by atoms with Crippen LogP contribution in [0.1, 0.15) is 52.4 Å². The lowest BCUT2D eigenvalue weighted by Gasteiger charge is -2.35. The van der Waals surface area contributed by atoms with Gasteiger partial charge in [0.05, 0.1) is 0 Å². The first-order valence-electron chi connectivity index (χ1n) is 6.45. The molecule has 3 heteroatoms. The minimum Gasteiger partial charge on any atom is -0.479 e. The summed E-state index contributed by atoms with van der Waals surface area (Å²) in [5, 5.41) is 18.2. The lowest BCUT2D eigenvalue weighted by molar-refractivity contribution is -0.148. The van der Waals surface area contributed by atoms with Gasteiger partial charge in [-0.3, -0.25) is 0 Å². The number of hydrogen-bond acceptors (Lipinski definition) is 2. The molecule has 0 aromatic carbocycles. The summed E-state index contributed by atoms with van der Waals surface area (Å²) < 4.78 is 0. The molecule has 0 radical (unpaired) electrons. The van der Waals surface area contributed by atoms with E-state index in [0.717, 1.165) is 12.8 Å². The van der Waals surface area contributed by atoms with E-state index in [0.29, 0.717) is 24.2 Å². The predicted octanol–water partition coefficient (Wildman–Crippen LogP) is 2.67. The van der Waals surface area contributed by atoms with Gasteiger partial charge >= 0.3 is 5.97 Å². The Labute approximate surface area is 97.9 Å². The number of carboxylic acids is 1. The zero-order chi connectivity index (χ0) is 12.1. The van der Waals surface area contributed by atoms with Crippen molar-refractivity contribution in [2.45, 2.75) is 58.5 Å². The monoisotopic (exact) mass is 228 g/mol. The van der Waals surface area contributed by atoms with Gasteiger partial charge in [-0.2, -0.15) is 0 Å². The van der Waals surface area contributed by atoms with Crippen LogP contribution in [0.25, 0.3) is 0 Å². The first-order chi connectivity index (χ1) is 7.54. The summed E-state index contributed by atoms with van der Waals surface area (Å²) in [7, 11) is 0. The van der Waals surface area contributed by atoms with E-state index < -0.39 is 12.1 Å². The molecule has 0 aromatic heterocycles. The van der Waals surface area contributed by atoms with Crippen molar-refractivity contribution in [3.05, 3.63) is 0 Å². The topological polar surface area (TPSA) is 57.5 Å². The molecule has 1 aliphatic rings.